The van der Waals surface area contributed by atoms with Crippen molar-refractivity contribution in [1.29, 1.82) is 0 Å². The summed E-state index contributed by atoms with van der Waals surface area (Å²) < 4.78 is 24.6. The van der Waals surface area contributed by atoms with E-state index in [0.717, 1.165) is 27.3 Å². The fraction of sp³-hybridized carbons (Fsp3) is 0.294. The summed E-state index contributed by atoms with van der Waals surface area (Å²) in [5.41, 5.74) is 2.57. The van der Waals surface area contributed by atoms with Gasteiger partial charge >= 0.3 is 0 Å². The zero-order valence-electron chi connectivity index (χ0n) is 14.5. The maximum absolute atomic E-state index is 12.2. The summed E-state index contributed by atoms with van der Waals surface area (Å²) in [6.45, 7) is 3.78. The summed E-state index contributed by atoms with van der Waals surface area (Å²) in [5.74, 6) is -0.830. The number of hydrogen-bond donors (Lipinski definition) is 1. The van der Waals surface area contributed by atoms with Gasteiger partial charge in [0.1, 0.15) is 11.0 Å². The first-order valence-electron chi connectivity index (χ1n) is 7.89. The van der Waals surface area contributed by atoms with E-state index in [-0.39, 0.29) is 5.92 Å². The van der Waals surface area contributed by atoms with Crippen molar-refractivity contribution in [2.24, 2.45) is 10.9 Å². The number of thiazole rings is 1. The number of pyridine rings is 1. The number of nitrogens with zero attached hydrogens (tertiary/aromatic N) is 3. The van der Waals surface area contributed by atoms with E-state index in [1.165, 1.54) is 11.3 Å². The zero-order chi connectivity index (χ0) is 18.9. The Hall–Kier alpha value is -2.39. The Bertz CT molecular complexity index is 1010. The van der Waals surface area contributed by atoms with Gasteiger partial charge in [0, 0.05) is 30.1 Å². The van der Waals surface area contributed by atoms with E-state index >= 15 is 0 Å². The highest BCUT2D eigenvalue weighted by atomic mass is 32.2. The van der Waals surface area contributed by atoms with Crippen LogP contribution in [-0.2, 0) is 14.8 Å². The number of hydrogen-bond acceptors (Lipinski definition) is 7. The van der Waals surface area contributed by atoms with Gasteiger partial charge in [0.15, 0.2) is 0 Å². The van der Waals surface area contributed by atoms with Crippen LogP contribution < -0.4 is 4.72 Å². The molecule has 7 nitrogen and oxygen atoms in total. The van der Waals surface area contributed by atoms with E-state index in [1.54, 1.807) is 18.6 Å². The Labute approximate surface area is 156 Å². The molecule has 0 aliphatic carbocycles. The summed E-state index contributed by atoms with van der Waals surface area (Å²) in [6, 6.07) is 1.20. The molecule has 3 heterocycles. The van der Waals surface area contributed by atoms with Crippen molar-refractivity contribution in [2.45, 2.75) is 19.9 Å². The first kappa shape index (κ1) is 18.4. The largest absolute Gasteiger partial charge is 0.272 e. The molecule has 0 spiro atoms. The number of dihydropyridines is 1. The molecule has 9 heteroatoms. The lowest BCUT2D eigenvalue weighted by molar-refractivity contribution is -0.121. The summed E-state index contributed by atoms with van der Waals surface area (Å²) >= 11 is 1.45. The molecule has 2 atom stereocenters. The highest BCUT2D eigenvalue weighted by Crippen LogP contribution is 2.27. The van der Waals surface area contributed by atoms with Gasteiger partial charge in [-0.05, 0) is 24.6 Å². The van der Waals surface area contributed by atoms with Crippen LogP contribution in [0.2, 0.25) is 0 Å². The molecule has 2 aromatic rings. The topological polar surface area (TPSA) is 101 Å². The molecule has 0 saturated carbocycles. The summed E-state index contributed by atoms with van der Waals surface area (Å²) in [5, 5.41) is 0.808. The molecule has 1 aliphatic heterocycles. The van der Waals surface area contributed by atoms with E-state index < -0.39 is 22.0 Å². The van der Waals surface area contributed by atoms with Crippen molar-refractivity contribution in [2.75, 3.05) is 6.26 Å². The lowest BCUT2D eigenvalue weighted by Gasteiger charge is -2.20. The fourth-order valence-electron chi connectivity index (χ4n) is 2.54. The maximum atomic E-state index is 12.2. The predicted molar refractivity (Wildman–Crippen MR) is 102 cm³/mol. The molecule has 2 unspecified atom stereocenters. The Morgan fingerprint density at radius 2 is 2.04 bits per heavy atom. The summed E-state index contributed by atoms with van der Waals surface area (Å²) in [7, 11) is -3.62. The number of aryl methyl sites for hydroxylation is 1. The van der Waals surface area contributed by atoms with Crippen LogP contribution in [0, 0.1) is 12.8 Å². The zero-order valence-corrected chi connectivity index (χ0v) is 16.1. The van der Waals surface area contributed by atoms with Crippen LogP contribution >= 0.6 is 11.3 Å². The van der Waals surface area contributed by atoms with Crippen LogP contribution in [0.4, 0.5) is 0 Å². The van der Waals surface area contributed by atoms with Crippen molar-refractivity contribution in [1.82, 2.24) is 14.7 Å². The number of rotatable bonds is 4. The number of carbonyl (C=O) groups excluding carboxylic acids is 1. The van der Waals surface area contributed by atoms with E-state index in [4.69, 9.17) is 0 Å². The molecule has 26 heavy (non-hydrogen) atoms. The van der Waals surface area contributed by atoms with Crippen molar-refractivity contribution in [3.05, 3.63) is 47.2 Å². The van der Waals surface area contributed by atoms with Crippen LogP contribution in [0.5, 0.6) is 0 Å². The monoisotopic (exact) mass is 390 g/mol. The summed E-state index contributed by atoms with van der Waals surface area (Å²) in [4.78, 5) is 26.1. The lowest BCUT2D eigenvalue weighted by Crippen LogP contribution is -2.41. The van der Waals surface area contributed by atoms with Gasteiger partial charge in [-0.2, -0.15) is 0 Å². The minimum absolute atomic E-state index is 0.200. The molecule has 0 aromatic carbocycles. The molecule has 0 saturated heterocycles. The average molecular weight is 390 g/mol. The van der Waals surface area contributed by atoms with Crippen LogP contribution in [-0.4, -0.2) is 42.3 Å². The van der Waals surface area contributed by atoms with Crippen LogP contribution in [0.3, 0.4) is 0 Å². The second kappa shape index (κ2) is 7.08. The van der Waals surface area contributed by atoms with E-state index in [1.807, 2.05) is 36.8 Å². The maximum Gasteiger partial charge on any atom is 0.258 e. The van der Waals surface area contributed by atoms with Crippen molar-refractivity contribution < 1.29 is 13.2 Å². The van der Waals surface area contributed by atoms with Crippen LogP contribution in [0.15, 0.2) is 41.8 Å². The molecule has 0 fully saturated rings. The molecule has 0 bridgehead atoms. The summed E-state index contributed by atoms with van der Waals surface area (Å²) in [6.07, 6.45) is 9.86. The van der Waals surface area contributed by atoms with E-state index in [2.05, 4.69) is 15.0 Å². The predicted octanol–water partition coefficient (Wildman–Crippen LogP) is 1.95. The fourth-order valence-corrected chi connectivity index (χ4v) is 3.90. The SMILES string of the molecule is Cc1cncc(-c2ncc(C3=NC(C(=O)NS(C)(=O)=O)C(C)C=C3)s2)c1. The third-order valence-corrected chi connectivity index (χ3v) is 5.41. The van der Waals surface area contributed by atoms with Gasteiger partial charge in [-0.1, -0.05) is 13.0 Å². The van der Waals surface area contributed by atoms with Gasteiger partial charge in [-0.25, -0.2) is 13.4 Å². The molecule has 1 amide bonds. The third-order valence-electron chi connectivity index (χ3n) is 3.77. The standard InChI is InChI=1S/C17H18N4O3S2/c1-10-6-12(8-18-7-10)17-19-9-14(25-17)13-5-4-11(2)15(20-13)16(22)21-26(3,23)24/h4-9,11,15H,1-3H3,(H,21,22). The molecule has 0 radical (unpaired) electrons. The highest BCUT2D eigenvalue weighted by molar-refractivity contribution is 7.89. The minimum atomic E-state index is -3.62. The van der Waals surface area contributed by atoms with Gasteiger partial charge in [0.2, 0.25) is 10.0 Å². The van der Waals surface area contributed by atoms with Gasteiger partial charge < -0.3 is 0 Å². The minimum Gasteiger partial charge on any atom is -0.272 e. The Balaban J connectivity index is 1.88. The number of allylic oxidation sites excluding steroid dienone is 1. The van der Waals surface area contributed by atoms with Gasteiger partial charge in [0.25, 0.3) is 5.91 Å². The third kappa shape index (κ3) is 4.23. The Kier molecular flexibility index (Phi) is 5.01. The number of aliphatic imine (C=N–C) groups is 1. The normalized spacial score (nSPS) is 19.9. The van der Waals surface area contributed by atoms with E-state index in [0.29, 0.717) is 5.71 Å². The van der Waals surface area contributed by atoms with Crippen molar-refractivity contribution >= 4 is 33.0 Å². The second-order valence-corrected chi connectivity index (χ2v) is 8.98. The smallest absolute Gasteiger partial charge is 0.258 e. The van der Waals surface area contributed by atoms with E-state index in [9.17, 15) is 13.2 Å². The molecule has 136 valence electrons. The highest BCUT2D eigenvalue weighted by Gasteiger charge is 2.28. The molecule has 1 N–H and O–H groups in total. The number of aromatic nitrogens is 2. The van der Waals surface area contributed by atoms with Gasteiger partial charge in [-0.15, -0.1) is 11.3 Å². The average Bonchev–Trinajstić information content (AvgIpc) is 3.03. The molecular weight excluding hydrogens is 372 g/mol. The first-order chi connectivity index (χ1) is 12.2. The van der Waals surface area contributed by atoms with Gasteiger partial charge in [-0.3, -0.25) is 19.5 Å². The molecule has 1 aliphatic rings. The second-order valence-electron chi connectivity index (χ2n) is 6.20. The lowest BCUT2D eigenvalue weighted by atomic mass is 9.97. The number of sulfonamides is 1. The quantitative estimate of drug-likeness (QED) is 0.860. The van der Waals surface area contributed by atoms with Crippen molar-refractivity contribution in [3.8, 4) is 10.6 Å². The Morgan fingerprint density at radius 1 is 1.27 bits per heavy atom. The number of nitrogens with one attached hydrogen (secondary N) is 1. The van der Waals surface area contributed by atoms with Gasteiger partial charge in [0.05, 0.1) is 16.8 Å². The molecular formula is C17H18N4O3S2. The number of carbonyl (C=O) groups is 1. The molecule has 2 aromatic heterocycles. The van der Waals surface area contributed by atoms with Crippen LogP contribution in [0.1, 0.15) is 17.4 Å². The number of amides is 1. The first-order valence-corrected chi connectivity index (χ1v) is 10.6. The van der Waals surface area contributed by atoms with Crippen LogP contribution in [0.25, 0.3) is 10.6 Å². The Morgan fingerprint density at radius 3 is 2.73 bits per heavy atom. The molecule has 3 rings (SSSR count). The van der Waals surface area contributed by atoms with Crippen molar-refractivity contribution in [3.63, 3.8) is 0 Å².